The van der Waals surface area contributed by atoms with Crippen LogP contribution in [0.2, 0.25) is 0 Å². The number of unbranched alkanes of at least 4 members (excludes halogenated alkanes) is 2. The van der Waals surface area contributed by atoms with Gasteiger partial charge in [0, 0.05) is 27.1 Å². The summed E-state index contributed by atoms with van der Waals surface area (Å²) in [6, 6.07) is 11.4. The average Bonchev–Trinajstić information content (AvgIpc) is 3.23. The van der Waals surface area contributed by atoms with Crippen LogP contribution in [-0.4, -0.2) is 33.4 Å². The predicted molar refractivity (Wildman–Crippen MR) is 139 cm³/mol. The van der Waals surface area contributed by atoms with E-state index in [0.717, 1.165) is 19.3 Å². The number of aromatic nitrogens is 1. The Morgan fingerprint density at radius 3 is 2.27 bits per heavy atom. The van der Waals surface area contributed by atoms with Gasteiger partial charge in [-0.2, -0.15) is 0 Å². The molecule has 2 N–H and O–H groups in total. The zero-order valence-corrected chi connectivity index (χ0v) is 20.9. The molecule has 1 aromatic carbocycles. The summed E-state index contributed by atoms with van der Waals surface area (Å²) in [6.45, 7) is 5.57. The number of ether oxygens (including phenoxy) is 2. The van der Waals surface area contributed by atoms with Crippen molar-refractivity contribution in [3.63, 3.8) is 0 Å². The van der Waals surface area contributed by atoms with Crippen LogP contribution in [0.5, 0.6) is 17.5 Å². The molecule has 192 valence electrons. The summed E-state index contributed by atoms with van der Waals surface area (Å²) >= 11 is 0. The fourth-order valence-corrected chi connectivity index (χ4v) is 4.77. The third kappa shape index (κ3) is 4.60. The number of carbonyl (C=O) groups excluding carboxylic acids is 2. The summed E-state index contributed by atoms with van der Waals surface area (Å²) in [6.07, 6.45) is 2.23. The Morgan fingerprint density at radius 2 is 1.68 bits per heavy atom. The summed E-state index contributed by atoms with van der Waals surface area (Å²) in [5, 5.41) is 25.8. The van der Waals surface area contributed by atoms with Crippen LogP contribution in [0.4, 0.5) is 4.79 Å². The van der Waals surface area contributed by atoms with Crippen LogP contribution in [0.1, 0.15) is 54.6 Å². The Morgan fingerprint density at radius 1 is 1.00 bits per heavy atom. The maximum atomic E-state index is 12.5. The van der Waals surface area contributed by atoms with Gasteiger partial charge in [-0.05, 0) is 73.7 Å². The molecule has 0 atom stereocenters. The number of carbonyl (C=O) groups is 2. The highest BCUT2D eigenvalue weighted by Crippen LogP contribution is 2.51. The maximum Gasteiger partial charge on any atom is 0.513 e. The Balaban J connectivity index is 2.12. The van der Waals surface area contributed by atoms with E-state index >= 15 is 0 Å². The number of rotatable bonds is 8. The van der Waals surface area contributed by atoms with Gasteiger partial charge in [-0.1, -0.05) is 31.9 Å². The van der Waals surface area contributed by atoms with Gasteiger partial charge in [-0.25, -0.2) is 9.36 Å². The van der Waals surface area contributed by atoms with E-state index < -0.39 is 12.1 Å². The van der Waals surface area contributed by atoms with Gasteiger partial charge >= 0.3 is 12.1 Å². The summed E-state index contributed by atoms with van der Waals surface area (Å²) < 4.78 is 12.0. The molecule has 0 radical (unpaired) electrons. The van der Waals surface area contributed by atoms with Crippen molar-refractivity contribution in [2.24, 2.45) is 5.18 Å². The van der Waals surface area contributed by atoms with Gasteiger partial charge in [0.05, 0.1) is 12.3 Å². The topological polar surface area (TPSA) is 127 Å². The average molecular weight is 505 g/mol. The molecule has 1 amide bonds. The van der Waals surface area contributed by atoms with E-state index in [1.165, 1.54) is 10.6 Å². The molecule has 37 heavy (non-hydrogen) atoms. The molecule has 0 unspecified atom stereocenters. The van der Waals surface area contributed by atoms with Gasteiger partial charge in [0.25, 0.3) is 0 Å². The minimum absolute atomic E-state index is 0.0580. The molecule has 0 spiro atoms. The van der Waals surface area contributed by atoms with Crippen LogP contribution >= 0.6 is 0 Å². The zero-order chi connectivity index (χ0) is 26.7. The fraction of sp³-hybridized carbons (Fsp3) is 0.286. The lowest BCUT2D eigenvalue weighted by molar-refractivity contribution is 0.0998. The highest BCUT2D eigenvalue weighted by atomic mass is 16.7. The van der Waals surface area contributed by atoms with Crippen molar-refractivity contribution in [2.75, 3.05) is 6.61 Å². The van der Waals surface area contributed by atoms with Crippen LogP contribution in [0.25, 0.3) is 27.6 Å². The van der Waals surface area contributed by atoms with Crippen molar-refractivity contribution in [2.45, 2.75) is 46.5 Å². The number of benzene rings is 1. The normalized spacial score (nSPS) is 11.1. The number of aryl methyl sites for hydroxylation is 1. The Bertz CT molecular complexity index is 1430. The summed E-state index contributed by atoms with van der Waals surface area (Å²) in [5.41, 5.74) is 2.86. The number of nitroso groups, excluding NO2 is 1. The minimum Gasteiger partial charge on any atom is -0.494 e. The first-order valence-electron chi connectivity index (χ1n) is 12.2. The number of hydrogen-bond donors (Lipinski definition) is 2. The lowest BCUT2D eigenvalue weighted by Crippen LogP contribution is -2.11. The van der Waals surface area contributed by atoms with Crippen molar-refractivity contribution in [1.82, 2.24) is 4.57 Å². The molecule has 1 heterocycles. The van der Waals surface area contributed by atoms with Crippen LogP contribution < -0.4 is 4.74 Å². The highest BCUT2D eigenvalue weighted by molar-refractivity contribution is 5.99. The molecule has 0 saturated carbocycles. The molecule has 0 bridgehead atoms. The van der Waals surface area contributed by atoms with E-state index in [9.17, 15) is 24.7 Å². The van der Waals surface area contributed by atoms with Gasteiger partial charge < -0.3 is 19.7 Å². The summed E-state index contributed by atoms with van der Waals surface area (Å²) in [4.78, 5) is 35.5. The number of nitrogens with zero attached hydrogens (tertiary/aromatic N) is 2. The lowest BCUT2D eigenvalue weighted by atomic mass is 9.99. The van der Waals surface area contributed by atoms with Gasteiger partial charge in [0.2, 0.25) is 11.8 Å². The zero-order valence-electron chi connectivity index (χ0n) is 20.9. The predicted octanol–water partition coefficient (Wildman–Crippen LogP) is 6.63. The van der Waals surface area contributed by atoms with Gasteiger partial charge in [-0.3, -0.25) is 4.79 Å². The SMILES string of the molecule is CCCCCc1c2c(C)cc(C(=O)N=O)ccc-2c(OC(=O)OCC)c1-n1c(O)c2ccccc2c1O. The molecule has 2 aliphatic rings. The van der Waals surface area contributed by atoms with Crippen molar-refractivity contribution in [3.8, 4) is 34.3 Å². The van der Waals surface area contributed by atoms with Gasteiger partial charge in [-0.15, -0.1) is 4.91 Å². The van der Waals surface area contributed by atoms with E-state index in [1.807, 2.05) is 0 Å². The third-order valence-electron chi connectivity index (χ3n) is 6.38. The Kier molecular flexibility index (Phi) is 7.42. The maximum absolute atomic E-state index is 12.5. The molecule has 9 nitrogen and oxygen atoms in total. The van der Waals surface area contributed by atoms with Gasteiger partial charge in [0.1, 0.15) is 0 Å². The fourth-order valence-electron chi connectivity index (χ4n) is 4.77. The number of amides is 1. The summed E-state index contributed by atoms with van der Waals surface area (Å²) in [7, 11) is 0. The van der Waals surface area contributed by atoms with E-state index in [4.69, 9.17) is 9.47 Å². The second kappa shape index (κ2) is 10.7. The first-order valence-corrected chi connectivity index (χ1v) is 12.2. The van der Waals surface area contributed by atoms with E-state index in [2.05, 4.69) is 12.1 Å². The molecule has 4 rings (SSSR count). The van der Waals surface area contributed by atoms with Crippen LogP contribution in [0, 0.1) is 11.8 Å². The number of fused-ring (bicyclic) bond motifs is 2. The van der Waals surface area contributed by atoms with E-state index in [1.54, 1.807) is 50.2 Å². The lowest BCUT2D eigenvalue weighted by Gasteiger charge is -2.13. The monoisotopic (exact) mass is 504 g/mol. The molecule has 1 aromatic heterocycles. The van der Waals surface area contributed by atoms with Crippen LogP contribution in [-0.2, 0) is 11.2 Å². The smallest absolute Gasteiger partial charge is 0.494 e. The largest absolute Gasteiger partial charge is 0.513 e. The molecular formula is C28H28N2O7. The second-order valence-electron chi connectivity index (χ2n) is 8.73. The van der Waals surface area contributed by atoms with Crippen molar-refractivity contribution in [1.29, 1.82) is 0 Å². The summed E-state index contributed by atoms with van der Waals surface area (Å²) in [5.74, 6) is -1.29. The number of hydrogen-bond acceptors (Lipinski definition) is 7. The quantitative estimate of drug-likeness (QED) is 0.157. The molecule has 2 aromatic rings. The Hall–Kier alpha value is -4.40. The highest BCUT2D eigenvalue weighted by Gasteiger charge is 2.32. The molecule has 0 aliphatic heterocycles. The first-order chi connectivity index (χ1) is 17.8. The van der Waals surface area contributed by atoms with E-state index in [-0.39, 0.29) is 29.7 Å². The van der Waals surface area contributed by atoms with Crippen molar-refractivity contribution < 1.29 is 29.3 Å². The van der Waals surface area contributed by atoms with E-state index in [0.29, 0.717) is 45.1 Å². The van der Waals surface area contributed by atoms with Crippen LogP contribution in [0.3, 0.4) is 0 Å². The first kappa shape index (κ1) is 25.7. The second-order valence-corrected chi connectivity index (χ2v) is 8.73. The van der Waals surface area contributed by atoms with Crippen LogP contribution in [0.15, 0.2) is 47.6 Å². The molecule has 0 saturated heterocycles. The molecule has 2 aliphatic carbocycles. The molecule has 9 heteroatoms. The Labute approximate surface area is 213 Å². The van der Waals surface area contributed by atoms with Gasteiger partial charge in [0.15, 0.2) is 5.75 Å². The third-order valence-corrected chi connectivity index (χ3v) is 6.38. The number of aromatic hydroxyl groups is 2. The van der Waals surface area contributed by atoms with Crippen molar-refractivity contribution in [3.05, 3.63) is 64.1 Å². The standard InChI is InChI=1S/C28H28N2O7/c1-4-6-7-12-20-22-16(3)15-17(25(31)29-35)13-14-21(22)24(37-28(34)36-5-2)23(20)30-26(32)18-10-8-9-11-19(18)27(30)33/h8-11,13-15,32-33H,4-7,12H2,1-3H3. The molecular weight excluding hydrogens is 476 g/mol. The molecule has 0 fully saturated rings. The minimum atomic E-state index is -0.957. The van der Waals surface area contributed by atoms with Crippen molar-refractivity contribution >= 4 is 22.8 Å².